The van der Waals surface area contributed by atoms with Gasteiger partial charge in [0.1, 0.15) is 0 Å². The molecule has 0 amide bonds. The molecule has 0 heterocycles. The van der Waals surface area contributed by atoms with E-state index in [1.807, 2.05) is 6.08 Å². The molecule has 0 aromatic rings. The zero-order valence-corrected chi connectivity index (χ0v) is 9.66. The smallest absolute Gasteiger partial charge is 0.162 e. The largest absolute Gasteiger partial charge is 0.498 e. The summed E-state index contributed by atoms with van der Waals surface area (Å²) in [7, 11) is 0. The summed E-state index contributed by atoms with van der Waals surface area (Å²) in [6.45, 7) is 8.57. The molecule has 1 rings (SSSR count). The SMILES string of the molecule is C=CCC1CCC(OCC(C)C)=CC1=O. The number of ketones is 1. The zero-order valence-electron chi connectivity index (χ0n) is 9.66. The van der Waals surface area contributed by atoms with Gasteiger partial charge in [-0.1, -0.05) is 19.9 Å². The molecular formula is C13H20O2. The molecule has 0 aromatic heterocycles. The lowest BCUT2D eigenvalue weighted by atomic mass is 9.89. The van der Waals surface area contributed by atoms with Crippen LogP contribution >= 0.6 is 0 Å². The highest BCUT2D eigenvalue weighted by atomic mass is 16.5. The van der Waals surface area contributed by atoms with Crippen LogP contribution in [0.5, 0.6) is 0 Å². The average Bonchev–Trinajstić information content (AvgIpc) is 2.19. The third kappa shape index (κ3) is 3.90. The summed E-state index contributed by atoms with van der Waals surface area (Å²) in [5, 5.41) is 0. The molecule has 1 aliphatic rings. The second-order valence-electron chi connectivity index (χ2n) is 4.48. The van der Waals surface area contributed by atoms with E-state index < -0.39 is 0 Å². The molecule has 0 N–H and O–H groups in total. The summed E-state index contributed by atoms with van der Waals surface area (Å²) in [5.41, 5.74) is 0. The Kier molecular flexibility index (Phi) is 4.60. The fraction of sp³-hybridized carbons (Fsp3) is 0.615. The van der Waals surface area contributed by atoms with Crippen LogP contribution in [0.4, 0.5) is 0 Å². The highest BCUT2D eigenvalue weighted by Gasteiger charge is 2.21. The van der Waals surface area contributed by atoms with Crippen molar-refractivity contribution >= 4 is 5.78 Å². The van der Waals surface area contributed by atoms with Crippen molar-refractivity contribution in [3.8, 4) is 0 Å². The number of allylic oxidation sites excluding steroid dienone is 3. The first-order valence-electron chi connectivity index (χ1n) is 5.61. The molecule has 2 heteroatoms. The fourth-order valence-electron chi connectivity index (χ4n) is 1.63. The van der Waals surface area contributed by atoms with Gasteiger partial charge < -0.3 is 4.74 Å². The van der Waals surface area contributed by atoms with E-state index in [0.717, 1.165) is 25.0 Å². The predicted octanol–water partition coefficient (Wildman–Crippen LogP) is 3.10. The van der Waals surface area contributed by atoms with Crippen molar-refractivity contribution < 1.29 is 9.53 Å². The number of hydrogen-bond donors (Lipinski definition) is 0. The van der Waals surface area contributed by atoms with E-state index in [0.29, 0.717) is 12.5 Å². The molecule has 15 heavy (non-hydrogen) atoms. The van der Waals surface area contributed by atoms with Crippen molar-refractivity contribution in [2.24, 2.45) is 11.8 Å². The van der Waals surface area contributed by atoms with Gasteiger partial charge in [0.2, 0.25) is 0 Å². The van der Waals surface area contributed by atoms with E-state index in [9.17, 15) is 4.79 Å². The van der Waals surface area contributed by atoms with Gasteiger partial charge in [0.15, 0.2) is 5.78 Å². The Morgan fingerprint density at radius 2 is 2.40 bits per heavy atom. The van der Waals surface area contributed by atoms with Crippen LogP contribution < -0.4 is 0 Å². The Labute approximate surface area is 92.0 Å². The van der Waals surface area contributed by atoms with Crippen molar-refractivity contribution in [1.82, 2.24) is 0 Å². The molecule has 84 valence electrons. The zero-order chi connectivity index (χ0) is 11.3. The molecule has 0 saturated heterocycles. The molecule has 2 nitrogen and oxygen atoms in total. The normalized spacial score (nSPS) is 21.4. The van der Waals surface area contributed by atoms with Gasteiger partial charge in [0, 0.05) is 18.4 Å². The maximum atomic E-state index is 11.6. The lowest BCUT2D eigenvalue weighted by molar-refractivity contribution is -0.119. The molecule has 0 radical (unpaired) electrons. The molecule has 1 unspecified atom stereocenters. The van der Waals surface area contributed by atoms with Crippen LogP contribution in [0.3, 0.4) is 0 Å². The summed E-state index contributed by atoms with van der Waals surface area (Å²) in [6, 6.07) is 0. The van der Waals surface area contributed by atoms with Gasteiger partial charge >= 0.3 is 0 Å². The summed E-state index contributed by atoms with van der Waals surface area (Å²) >= 11 is 0. The van der Waals surface area contributed by atoms with Gasteiger partial charge in [0.05, 0.1) is 12.4 Å². The molecule has 0 spiro atoms. The third-order valence-corrected chi connectivity index (χ3v) is 2.50. The van der Waals surface area contributed by atoms with E-state index in [4.69, 9.17) is 4.74 Å². The van der Waals surface area contributed by atoms with Gasteiger partial charge in [-0.05, 0) is 18.8 Å². The van der Waals surface area contributed by atoms with Crippen LogP contribution in [0.2, 0.25) is 0 Å². The number of carbonyl (C=O) groups excluding carboxylic acids is 1. The second-order valence-corrected chi connectivity index (χ2v) is 4.48. The Hall–Kier alpha value is -1.05. The van der Waals surface area contributed by atoms with E-state index >= 15 is 0 Å². The minimum atomic E-state index is 0.133. The predicted molar refractivity (Wildman–Crippen MR) is 61.4 cm³/mol. The van der Waals surface area contributed by atoms with E-state index in [-0.39, 0.29) is 11.7 Å². The van der Waals surface area contributed by atoms with Crippen molar-refractivity contribution in [2.75, 3.05) is 6.61 Å². The van der Waals surface area contributed by atoms with E-state index in [1.54, 1.807) is 6.08 Å². The van der Waals surface area contributed by atoms with Gasteiger partial charge in [-0.2, -0.15) is 0 Å². The van der Waals surface area contributed by atoms with Crippen LogP contribution in [-0.4, -0.2) is 12.4 Å². The van der Waals surface area contributed by atoms with Gasteiger partial charge in [-0.15, -0.1) is 6.58 Å². The van der Waals surface area contributed by atoms with Gasteiger partial charge in [-0.25, -0.2) is 0 Å². The lowest BCUT2D eigenvalue weighted by Gasteiger charge is -2.20. The van der Waals surface area contributed by atoms with Crippen LogP contribution in [-0.2, 0) is 9.53 Å². The van der Waals surface area contributed by atoms with Crippen LogP contribution in [0, 0.1) is 11.8 Å². The first-order valence-corrected chi connectivity index (χ1v) is 5.61. The van der Waals surface area contributed by atoms with Crippen LogP contribution in [0.1, 0.15) is 33.1 Å². The minimum absolute atomic E-state index is 0.133. The third-order valence-electron chi connectivity index (χ3n) is 2.50. The van der Waals surface area contributed by atoms with Gasteiger partial charge in [0.25, 0.3) is 0 Å². The van der Waals surface area contributed by atoms with Crippen LogP contribution in [0.15, 0.2) is 24.5 Å². The standard InChI is InChI=1S/C13H20O2/c1-4-5-11-6-7-12(8-13(11)14)15-9-10(2)3/h4,8,10-11H,1,5-7,9H2,2-3H3. The van der Waals surface area contributed by atoms with Crippen molar-refractivity contribution in [2.45, 2.75) is 33.1 Å². The molecule has 0 saturated carbocycles. The monoisotopic (exact) mass is 208 g/mol. The lowest BCUT2D eigenvalue weighted by Crippen LogP contribution is -2.18. The Morgan fingerprint density at radius 3 is 2.93 bits per heavy atom. The molecule has 0 aliphatic heterocycles. The average molecular weight is 208 g/mol. The quantitative estimate of drug-likeness (QED) is 0.649. The Bertz CT molecular complexity index is 264. The van der Waals surface area contributed by atoms with E-state index in [1.165, 1.54) is 0 Å². The number of ether oxygens (including phenoxy) is 1. The van der Waals surface area contributed by atoms with Gasteiger partial charge in [-0.3, -0.25) is 4.79 Å². The highest BCUT2D eigenvalue weighted by Crippen LogP contribution is 2.24. The minimum Gasteiger partial charge on any atom is -0.498 e. The summed E-state index contributed by atoms with van der Waals surface area (Å²) < 4.78 is 5.56. The highest BCUT2D eigenvalue weighted by molar-refractivity contribution is 5.93. The molecule has 1 aliphatic carbocycles. The molecular weight excluding hydrogens is 188 g/mol. The fourth-order valence-corrected chi connectivity index (χ4v) is 1.63. The Balaban J connectivity index is 2.46. The summed E-state index contributed by atoms with van der Waals surface area (Å²) in [5.74, 6) is 1.69. The second kappa shape index (κ2) is 5.74. The Morgan fingerprint density at radius 1 is 1.67 bits per heavy atom. The summed E-state index contributed by atoms with van der Waals surface area (Å²) in [6.07, 6.45) is 6.05. The van der Waals surface area contributed by atoms with Crippen molar-refractivity contribution in [3.63, 3.8) is 0 Å². The molecule has 0 fully saturated rings. The van der Waals surface area contributed by atoms with Crippen molar-refractivity contribution in [3.05, 3.63) is 24.5 Å². The number of rotatable bonds is 5. The first kappa shape index (κ1) is 12.0. The van der Waals surface area contributed by atoms with E-state index in [2.05, 4.69) is 20.4 Å². The maximum absolute atomic E-state index is 11.6. The molecule has 1 atom stereocenters. The molecule has 0 bridgehead atoms. The number of carbonyl (C=O) groups is 1. The van der Waals surface area contributed by atoms with Crippen molar-refractivity contribution in [1.29, 1.82) is 0 Å². The summed E-state index contributed by atoms with van der Waals surface area (Å²) in [4.78, 5) is 11.6. The molecule has 0 aromatic carbocycles. The topological polar surface area (TPSA) is 26.3 Å². The first-order chi connectivity index (χ1) is 7.13. The maximum Gasteiger partial charge on any atom is 0.162 e. The van der Waals surface area contributed by atoms with Crippen LogP contribution in [0.25, 0.3) is 0 Å². The number of hydrogen-bond acceptors (Lipinski definition) is 2.